The van der Waals surface area contributed by atoms with Gasteiger partial charge in [-0.3, -0.25) is 4.79 Å². The van der Waals surface area contributed by atoms with Crippen molar-refractivity contribution in [3.05, 3.63) is 23.4 Å². The fourth-order valence-corrected chi connectivity index (χ4v) is 2.15. The third-order valence-electron chi connectivity index (χ3n) is 3.23. The van der Waals surface area contributed by atoms with Crippen LogP contribution in [0.3, 0.4) is 0 Å². The molecule has 1 atom stereocenters. The van der Waals surface area contributed by atoms with Crippen molar-refractivity contribution < 1.29 is 4.79 Å². The molecule has 0 aliphatic heterocycles. The number of hydrogen-bond acceptors (Lipinski definition) is 3. The SMILES string of the molecule is CNc1cc(C(=O)NC(C)CC2CC2)cc(C)n1. The average molecular weight is 247 g/mol. The van der Waals surface area contributed by atoms with Gasteiger partial charge in [0.05, 0.1) is 0 Å². The molecule has 0 spiro atoms. The fraction of sp³-hybridized carbons (Fsp3) is 0.571. The lowest BCUT2D eigenvalue weighted by Gasteiger charge is -2.14. The van der Waals surface area contributed by atoms with Gasteiger partial charge in [-0.25, -0.2) is 4.98 Å². The van der Waals surface area contributed by atoms with E-state index in [1.807, 2.05) is 13.0 Å². The molecule has 4 nitrogen and oxygen atoms in total. The van der Waals surface area contributed by atoms with Crippen molar-refractivity contribution in [3.8, 4) is 0 Å². The van der Waals surface area contributed by atoms with E-state index in [2.05, 4.69) is 22.5 Å². The summed E-state index contributed by atoms with van der Waals surface area (Å²) in [5, 5.41) is 6.02. The number of hydrogen-bond donors (Lipinski definition) is 2. The van der Waals surface area contributed by atoms with Crippen LogP contribution in [-0.2, 0) is 0 Å². The second-order valence-corrected chi connectivity index (χ2v) is 5.19. The van der Waals surface area contributed by atoms with Gasteiger partial charge in [-0.1, -0.05) is 12.8 Å². The first-order chi connectivity index (χ1) is 8.58. The molecule has 0 aromatic carbocycles. The molecule has 1 aromatic rings. The number of carbonyl (C=O) groups excluding carboxylic acids is 1. The number of aromatic nitrogens is 1. The van der Waals surface area contributed by atoms with Gasteiger partial charge in [0.2, 0.25) is 0 Å². The Morgan fingerprint density at radius 1 is 1.50 bits per heavy atom. The Bertz CT molecular complexity index is 441. The predicted molar refractivity (Wildman–Crippen MR) is 72.8 cm³/mol. The maximum atomic E-state index is 12.1. The minimum absolute atomic E-state index is 0.00912. The van der Waals surface area contributed by atoms with Crippen LogP contribution in [0.25, 0.3) is 0 Å². The molecule has 0 bridgehead atoms. The molecule has 1 fully saturated rings. The lowest BCUT2D eigenvalue weighted by atomic mass is 10.1. The normalized spacial score (nSPS) is 16.2. The quantitative estimate of drug-likeness (QED) is 0.839. The van der Waals surface area contributed by atoms with Gasteiger partial charge < -0.3 is 10.6 Å². The summed E-state index contributed by atoms with van der Waals surface area (Å²) < 4.78 is 0. The number of nitrogens with zero attached hydrogens (tertiary/aromatic N) is 1. The summed E-state index contributed by atoms with van der Waals surface area (Å²) in [5.41, 5.74) is 1.52. The van der Waals surface area contributed by atoms with Crippen LogP contribution in [0.1, 0.15) is 42.2 Å². The van der Waals surface area contributed by atoms with Crippen molar-refractivity contribution in [1.29, 1.82) is 0 Å². The lowest BCUT2D eigenvalue weighted by molar-refractivity contribution is 0.0937. The van der Waals surface area contributed by atoms with Crippen LogP contribution < -0.4 is 10.6 Å². The van der Waals surface area contributed by atoms with Gasteiger partial charge in [-0.15, -0.1) is 0 Å². The van der Waals surface area contributed by atoms with Gasteiger partial charge in [-0.2, -0.15) is 0 Å². The molecule has 2 rings (SSSR count). The molecule has 98 valence electrons. The first-order valence-corrected chi connectivity index (χ1v) is 6.56. The van der Waals surface area contributed by atoms with Crippen molar-refractivity contribution >= 4 is 11.7 Å². The van der Waals surface area contributed by atoms with Crippen molar-refractivity contribution in [3.63, 3.8) is 0 Å². The molecule has 1 saturated carbocycles. The van der Waals surface area contributed by atoms with Crippen molar-refractivity contribution in [2.45, 2.75) is 39.2 Å². The van der Waals surface area contributed by atoms with E-state index in [-0.39, 0.29) is 11.9 Å². The topological polar surface area (TPSA) is 54.0 Å². The molecule has 1 aliphatic carbocycles. The third kappa shape index (κ3) is 3.45. The number of pyridine rings is 1. The molecule has 1 heterocycles. The minimum Gasteiger partial charge on any atom is -0.373 e. The van der Waals surface area contributed by atoms with Crippen LogP contribution in [0, 0.1) is 12.8 Å². The summed E-state index contributed by atoms with van der Waals surface area (Å²) in [4.78, 5) is 16.4. The molecule has 4 heteroatoms. The Balaban J connectivity index is 2.00. The highest BCUT2D eigenvalue weighted by Gasteiger charge is 2.24. The number of carbonyl (C=O) groups is 1. The van der Waals surface area contributed by atoms with E-state index in [1.54, 1.807) is 13.1 Å². The standard InChI is InChI=1S/C14H21N3O/c1-9(6-11-4-5-11)17-14(18)12-7-10(2)16-13(8-12)15-3/h7-9,11H,4-6H2,1-3H3,(H,15,16)(H,17,18). The summed E-state index contributed by atoms with van der Waals surface area (Å²) in [5.74, 6) is 1.55. The predicted octanol–water partition coefficient (Wildman–Crippen LogP) is 2.35. The molecule has 1 aliphatic rings. The average Bonchev–Trinajstić information content (AvgIpc) is 3.11. The third-order valence-corrected chi connectivity index (χ3v) is 3.23. The fourth-order valence-electron chi connectivity index (χ4n) is 2.15. The van der Waals surface area contributed by atoms with Gasteiger partial charge in [0, 0.05) is 24.3 Å². The molecule has 0 saturated heterocycles. The van der Waals surface area contributed by atoms with E-state index < -0.39 is 0 Å². The van der Waals surface area contributed by atoms with Crippen LogP contribution >= 0.6 is 0 Å². The Morgan fingerprint density at radius 3 is 2.83 bits per heavy atom. The summed E-state index contributed by atoms with van der Waals surface area (Å²) >= 11 is 0. The lowest BCUT2D eigenvalue weighted by Crippen LogP contribution is -2.33. The summed E-state index contributed by atoms with van der Waals surface area (Å²) in [6, 6.07) is 3.85. The van der Waals surface area contributed by atoms with Crippen molar-refractivity contribution in [2.75, 3.05) is 12.4 Å². The summed E-state index contributed by atoms with van der Waals surface area (Å²) in [7, 11) is 1.80. The second-order valence-electron chi connectivity index (χ2n) is 5.19. The van der Waals surface area contributed by atoms with Gasteiger partial charge >= 0.3 is 0 Å². The second kappa shape index (κ2) is 5.38. The molecular formula is C14H21N3O. The highest BCUT2D eigenvalue weighted by atomic mass is 16.1. The highest BCUT2D eigenvalue weighted by Crippen LogP contribution is 2.33. The molecule has 0 radical (unpaired) electrons. The Hall–Kier alpha value is -1.58. The molecule has 1 aromatic heterocycles. The van der Waals surface area contributed by atoms with E-state index >= 15 is 0 Å². The Kier molecular flexibility index (Phi) is 3.84. The Labute approximate surface area is 108 Å². The van der Waals surface area contributed by atoms with E-state index in [0.29, 0.717) is 5.56 Å². The maximum Gasteiger partial charge on any atom is 0.251 e. The zero-order chi connectivity index (χ0) is 13.1. The number of aryl methyl sites for hydroxylation is 1. The van der Waals surface area contributed by atoms with Crippen LogP contribution in [0.2, 0.25) is 0 Å². The van der Waals surface area contributed by atoms with Crippen LogP contribution in [0.5, 0.6) is 0 Å². The largest absolute Gasteiger partial charge is 0.373 e. The number of amides is 1. The summed E-state index contributed by atoms with van der Waals surface area (Å²) in [6.07, 6.45) is 3.73. The van der Waals surface area contributed by atoms with Crippen LogP contribution in [0.4, 0.5) is 5.82 Å². The molecule has 2 N–H and O–H groups in total. The smallest absolute Gasteiger partial charge is 0.251 e. The van der Waals surface area contributed by atoms with Crippen LogP contribution in [0.15, 0.2) is 12.1 Å². The first-order valence-electron chi connectivity index (χ1n) is 6.56. The van der Waals surface area contributed by atoms with E-state index in [4.69, 9.17) is 0 Å². The zero-order valence-corrected chi connectivity index (χ0v) is 11.3. The zero-order valence-electron chi connectivity index (χ0n) is 11.3. The molecule has 18 heavy (non-hydrogen) atoms. The van der Waals surface area contributed by atoms with Gasteiger partial charge in [-0.05, 0) is 38.3 Å². The monoisotopic (exact) mass is 247 g/mol. The highest BCUT2D eigenvalue weighted by molar-refractivity contribution is 5.95. The molecule has 1 amide bonds. The van der Waals surface area contributed by atoms with Crippen molar-refractivity contribution in [2.24, 2.45) is 5.92 Å². The first kappa shape index (κ1) is 12.9. The summed E-state index contributed by atoms with van der Waals surface area (Å²) in [6.45, 7) is 3.97. The van der Waals surface area contributed by atoms with Crippen LogP contribution in [-0.4, -0.2) is 24.0 Å². The Morgan fingerprint density at radius 2 is 2.22 bits per heavy atom. The number of nitrogens with one attached hydrogen (secondary N) is 2. The molecular weight excluding hydrogens is 226 g/mol. The van der Waals surface area contributed by atoms with Crippen molar-refractivity contribution in [1.82, 2.24) is 10.3 Å². The minimum atomic E-state index is -0.00912. The van der Waals surface area contributed by atoms with E-state index in [1.165, 1.54) is 12.8 Å². The van der Waals surface area contributed by atoms with Gasteiger partial charge in [0.1, 0.15) is 5.82 Å². The van der Waals surface area contributed by atoms with E-state index in [9.17, 15) is 4.79 Å². The maximum absolute atomic E-state index is 12.1. The van der Waals surface area contributed by atoms with E-state index in [0.717, 1.165) is 23.9 Å². The van der Waals surface area contributed by atoms with Gasteiger partial charge in [0.25, 0.3) is 5.91 Å². The molecule has 1 unspecified atom stereocenters. The number of rotatable bonds is 5. The van der Waals surface area contributed by atoms with Gasteiger partial charge in [0.15, 0.2) is 0 Å². The number of anilines is 1.